The highest BCUT2D eigenvalue weighted by molar-refractivity contribution is 5.83. The maximum Gasteiger partial charge on any atom is 0.391 e. The summed E-state index contributed by atoms with van der Waals surface area (Å²) in [5.41, 5.74) is 0.867. The summed E-state index contributed by atoms with van der Waals surface area (Å²) in [7, 11) is 0. The molecule has 25 heavy (non-hydrogen) atoms. The number of carbonyl (C=O) groups is 1. The molecule has 0 radical (unpaired) electrons. The van der Waals surface area contributed by atoms with Crippen LogP contribution in [0.3, 0.4) is 0 Å². The third-order valence-electron chi connectivity index (χ3n) is 5.02. The smallest absolute Gasteiger partial charge is 0.352 e. The molecule has 0 aromatic heterocycles. The normalized spacial score (nSPS) is 22.6. The van der Waals surface area contributed by atoms with Crippen molar-refractivity contribution in [2.75, 3.05) is 13.1 Å². The monoisotopic (exact) mass is 356 g/mol. The molecule has 0 heterocycles. The Kier molecular flexibility index (Phi) is 6.87. The molecule has 1 saturated carbocycles. The molecule has 6 heteroatoms. The molecular formula is C19H27F3N2O. The molecule has 1 fully saturated rings. The second-order valence-corrected chi connectivity index (χ2v) is 6.65. The van der Waals surface area contributed by atoms with Crippen LogP contribution in [-0.4, -0.2) is 36.1 Å². The first kappa shape index (κ1) is 19.8. The molecule has 1 aliphatic rings. The second-order valence-electron chi connectivity index (χ2n) is 6.65. The number of amides is 1. The number of nitrogens with zero attached hydrogens (tertiary/aromatic N) is 1. The molecule has 0 saturated heterocycles. The second kappa shape index (κ2) is 8.70. The Bertz CT molecular complexity index is 543. The summed E-state index contributed by atoms with van der Waals surface area (Å²) in [6.07, 6.45) is -2.93. The molecule has 3 nitrogen and oxygen atoms in total. The van der Waals surface area contributed by atoms with Gasteiger partial charge in [0, 0.05) is 6.04 Å². The highest BCUT2D eigenvalue weighted by atomic mass is 19.4. The quantitative estimate of drug-likeness (QED) is 0.824. The molecule has 1 N–H and O–H groups in total. The lowest BCUT2D eigenvalue weighted by Crippen LogP contribution is -2.47. The van der Waals surface area contributed by atoms with Crippen molar-refractivity contribution in [3.63, 3.8) is 0 Å². The van der Waals surface area contributed by atoms with Crippen LogP contribution in [0.25, 0.3) is 0 Å². The van der Waals surface area contributed by atoms with E-state index in [0.717, 1.165) is 5.56 Å². The van der Waals surface area contributed by atoms with Gasteiger partial charge in [0.25, 0.3) is 0 Å². The Balaban J connectivity index is 2.11. The van der Waals surface area contributed by atoms with Crippen LogP contribution in [0.1, 0.15) is 51.1 Å². The Morgan fingerprint density at radius 1 is 1.20 bits per heavy atom. The van der Waals surface area contributed by atoms with Gasteiger partial charge in [-0.1, -0.05) is 50.6 Å². The molecule has 1 aromatic carbocycles. The van der Waals surface area contributed by atoms with Crippen LogP contribution in [-0.2, 0) is 4.79 Å². The first-order valence-corrected chi connectivity index (χ1v) is 9.02. The molecule has 140 valence electrons. The summed E-state index contributed by atoms with van der Waals surface area (Å²) >= 11 is 0. The predicted octanol–water partition coefficient (Wildman–Crippen LogP) is 4.31. The van der Waals surface area contributed by atoms with Crippen LogP contribution in [0, 0.1) is 5.92 Å². The minimum absolute atomic E-state index is 0.0188. The Labute approximate surface area is 147 Å². The summed E-state index contributed by atoms with van der Waals surface area (Å²) < 4.78 is 39.0. The van der Waals surface area contributed by atoms with E-state index in [9.17, 15) is 18.0 Å². The Morgan fingerprint density at radius 3 is 2.40 bits per heavy atom. The largest absolute Gasteiger partial charge is 0.391 e. The molecule has 2 rings (SSSR count). The zero-order valence-electron chi connectivity index (χ0n) is 14.9. The Hall–Kier alpha value is -1.56. The van der Waals surface area contributed by atoms with Crippen molar-refractivity contribution in [1.82, 2.24) is 10.2 Å². The van der Waals surface area contributed by atoms with Gasteiger partial charge in [-0.15, -0.1) is 0 Å². The molecule has 1 aliphatic carbocycles. The molecule has 0 spiro atoms. The fourth-order valence-electron chi connectivity index (χ4n) is 3.65. The van der Waals surface area contributed by atoms with Gasteiger partial charge in [-0.25, -0.2) is 0 Å². The van der Waals surface area contributed by atoms with Crippen LogP contribution in [0.2, 0.25) is 0 Å². The zero-order chi connectivity index (χ0) is 18.4. The van der Waals surface area contributed by atoms with Crippen molar-refractivity contribution in [2.45, 2.75) is 57.8 Å². The number of benzene rings is 1. The van der Waals surface area contributed by atoms with Gasteiger partial charge in [-0.05, 0) is 37.9 Å². The van der Waals surface area contributed by atoms with Gasteiger partial charge in [0.15, 0.2) is 0 Å². The number of likely N-dealkylation sites (N-methyl/N-ethyl adjacent to an activating group) is 1. The molecule has 1 amide bonds. The SMILES string of the molecule is CCN(CC)C(C(=O)NC1CCCC(C(F)(F)F)C1)c1ccccc1. The molecule has 3 atom stereocenters. The van der Waals surface area contributed by atoms with E-state index in [1.807, 2.05) is 49.1 Å². The van der Waals surface area contributed by atoms with Crippen LogP contribution >= 0.6 is 0 Å². The molecule has 3 unspecified atom stereocenters. The maximum atomic E-state index is 13.0. The minimum Gasteiger partial charge on any atom is -0.352 e. The predicted molar refractivity (Wildman–Crippen MR) is 92.0 cm³/mol. The number of rotatable bonds is 6. The van der Waals surface area contributed by atoms with Crippen molar-refractivity contribution >= 4 is 5.91 Å². The van der Waals surface area contributed by atoms with Crippen LogP contribution in [0.15, 0.2) is 30.3 Å². The first-order chi connectivity index (χ1) is 11.9. The van der Waals surface area contributed by atoms with E-state index in [4.69, 9.17) is 0 Å². The van der Waals surface area contributed by atoms with Crippen LogP contribution in [0.4, 0.5) is 13.2 Å². The molecule has 0 aliphatic heterocycles. The van der Waals surface area contributed by atoms with E-state index in [1.54, 1.807) is 0 Å². The van der Waals surface area contributed by atoms with Crippen molar-refractivity contribution in [2.24, 2.45) is 5.92 Å². The molecule has 0 bridgehead atoms. The van der Waals surface area contributed by atoms with Gasteiger partial charge in [0.2, 0.25) is 5.91 Å². The number of nitrogens with one attached hydrogen (secondary N) is 1. The molecular weight excluding hydrogens is 329 g/mol. The first-order valence-electron chi connectivity index (χ1n) is 9.02. The van der Waals surface area contributed by atoms with Crippen molar-refractivity contribution in [3.05, 3.63) is 35.9 Å². The van der Waals surface area contributed by atoms with Gasteiger partial charge in [0.1, 0.15) is 6.04 Å². The van der Waals surface area contributed by atoms with Crippen LogP contribution < -0.4 is 5.32 Å². The highest BCUT2D eigenvalue weighted by Crippen LogP contribution is 2.37. The third kappa shape index (κ3) is 5.21. The summed E-state index contributed by atoms with van der Waals surface area (Å²) in [6.45, 7) is 5.35. The fourth-order valence-corrected chi connectivity index (χ4v) is 3.65. The number of carbonyl (C=O) groups excluding carboxylic acids is 1. The lowest BCUT2D eigenvalue weighted by molar-refractivity contribution is -0.184. The van der Waals surface area contributed by atoms with Gasteiger partial charge < -0.3 is 5.32 Å². The summed E-state index contributed by atoms with van der Waals surface area (Å²) in [4.78, 5) is 14.9. The molecule has 1 aromatic rings. The zero-order valence-corrected chi connectivity index (χ0v) is 14.9. The lowest BCUT2D eigenvalue weighted by Gasteiger charge is -2.34. The van der Waals surface area contributed by atoms with Crippen LogP contribution in [0.5, 0.6) is 0 Å². The van der Waals surface area contributed by atoms with E-state index in [-0.39, 0.29) is 18.7 Å². The van der Waals surface area contributed by atoms with Gasteiger partial charge >= 0.3 is 6.18 Å². The number of halogens is 3. The average Bonchev–Trinajstić information content (AvgIpc) is 2.59. The third-order valence-corrected chi connectivity index (χ3v) is 5.02. The lowest BCUT2D eigenvalue weighted by atomic mass is 9.85. The van der Waals surface area contributed by atoms with Gasteiger partial charge in [0.05, 0.1) is 5.92 Å². The number of hydrogen-bond acceptors (Lipinski definition) is 2. The van der Waals surface area contributed by atoms with Gasteiger partial charge in [-0.3, -0.25) is 9.69 Å². The number of alkyl halides is 3. The van der Waals surface area contributed by atoms with Crippen molar-refractivity contribution in [3.8, 4) is 0 Å². The summed E-state index contributed by atoms with van der Waals surface area (Å²) in [5.74, 6) is -1.52. The van der Waals surface area contributed by atoms with Crippen molar-refractivity contribution in [1.29, 1.82) is 0 Å². The van der Waals surface area contributed by atoms with E-state index in [0.29, 0.717) is 25.9 Å². The number of hydrogen-bond donors (Lipinski definition) is 1. The highest BCUT2D eigenvalue weighted by Gasteiger charge is 2.42. The summed E-state index contributed by atoms with van der Waals surface area (Å²) in [5, 5.41) is 2.89. The van der Waals surface area contributed by atoms with E-state index < -0.39 is 24.2 Å². The van der Waals surface area contributed by atoms with E-state index in [2.05, 4.69) is 5.32 Å². The Morgan fingerprint density at radius 2 is 1.84 bits per heavy atom. The fraction of sp³-hybridized carbons (Fsp3) is 0.632. The average molecular weight is 356 g/mol. The standard InChI is InChI=1S/C19H27F3N2O/c1-3-24(4-2)17(14-9-6-5-7-10-14)18(25)23-16-12-8-11-15(13-16)19(20,21)22/h5-7,9-10,15-17H,3-4,8,11-13H2,1-2H3,(H,23,25). The van der Waals surface area contributed by atoms with Gasteiger partial charge in [-0.2, -0.15) is 13.2 Å². The van der Waals surface area contributed by atoms with Crippen molar-refractivity contribution < 1.29 is 18.0 Å². The van der Waals surface area contributed by atoms with E-state index in [1.165, 1.54) is 0 Å². The van der Waals surface area contributed by atoms with E-state index >= 15 is 0 Å². The topological polar surface area (TPSA) is 32.3 Å². The summed E-state index contributed by atoms with van der Waals surface area (Å²) in [6, 6.07) is 8.54. The minimum atomic E-state index is -4.18. The maximum absolute atomic E-state index is 13.0.